The maximum absolute atomic E-state index is 5.98. The van der Waals surface area contributed by atoms with Crippen LogP contribution in [0.3, 0.4) is 0 Å². The normalized spacial score (nSPS) is 20.6. The Labute approximate surface area is 157 Å². The quantitative estimate of drug-likeness (QED) is 0.821. The lowest BCUT2D eigenvalue weighted by molar-refractivity contribution is 0.103. The molecule has 1 heterocycles. The van der Waals surface area contributed by atoms with E-state index in [0.29, 0.717) is 6.04 Å². The first kappa shape index (κ1) is 17.6. The van der Waals surface area contributed by atoms with Crippen LogP contribution in [0.5, 0.6) is 11.5 Å². The highest BCUT2D eigenvalue weighted by Crippen LogP contribution is 2.39. The molecule has 3 nitrogen and oxygen atoms in total. The van der Waals surface area contributed by atoms with E-state index in [1.807, 2.05) is 30.3 Å². The fraction of sp³-hybridized carbons (Fsp3) is 0.478. The Hall–Kier alpha value is -1.84. The molecule has 0 radical (unpaired) electrons. The first-order valence-electron chi connectivity index (χ1n) is 10.2. The summed E-state index contributed by atoms with van der Waals surface area (Å²) in [5.74, 6) is 2.61. The first-order valence-corrected chi connectivity index (χ1v) is 10.2. The highest BCUT2D eigenvalue weighted by atomic mass is 16.5. The number of para-hydroxylation sites is 1. The fourth-order valence-electron chi connectivity index (χ4n) is 4.55. The van der Waals surface area contributed by atoms with Gasteiger partial charge in [-0.15, -0.1) is 0 Å². The van der Waals surface area contributed by atoms with Crippen LogP contribution in [0.15, 0.2) is 54.6 Å². The zero-order valence-electron chi connectivity index (χ0n) is 15.6. The lowest BCUT2D eigenvalue weighted by Gasteiger charge is -2.41. The molecule has 2 aromatic rings. The van der Waals surface area contributed by atoms with Crippen LogP contribution in [0, 0.1) is 5.92 Å². The van der Waals surface area contributed by atoms with Gasteiger partial charge >= 0.3 is 0 Å². The molecular formula is C23H30N2O. The van der Waals surface area contributed by atoms with Crippen LogP contribution in [-0.2, 0) is 0 Å². The van der Waals surface area contributed by atoms with Crippen molar-refractivity contribution in [3.8, 4) is 11.5 Å². The monoisotopic (exact) mass is 350 g/mol. The van der Waals surface area contributed by atoms with Gasteiger partial charge in [-0.05, 0) is 48.6 Å². The van der Waals surface area contributed by atoms with E-state index in [1.54, 1.807) is 0 Å². The van der Waals surface area contributed by atoms with Gasteiger partial charge in [0, 0.05) is 32.2 Å². The third kappa shape index (κ3) is 4.28. The summed E-state index contributed by atoms with van der Waals surface area (Å²) in [6.45, 7) is 4.53. The van der Waals surface area contributed by atoms with Crippen LogP contribution in [0.1, 0.15) is 43.7 Å². The molecule has 2 aromatic carbocycles. The van der Waals surface area contributed by atoms with Gasteiger partial charge in [-0.1, -0.05) is 49.6 Å². The number of nitrogens with zero attached hydrogens (tertiary/aromatic N) is 1. The molecule has 0 aromatic heterocycles. The van der Waals surface area contributed by atoms with Crippen molar-refractivity contribution in [1.82, 2.24) is 10.2 Å². The second kappa shape index (κ2) is 8.70. The van der Waals surface area contributed by atoms with E-state index in [2.05, 4.69) is 34.5 Å². The zero-order chi connectivity index (χ0) is 17.6. The predicted octanol–water partition coefficient (Wildman–Crippen LogP) is 5.01. The van der Waals surface area contributed by atoms with Crippen molar-refractivity contribution in [3.05, 3.63) is 60.2 Å². The van der Waals surface area contributed by atoms with Crippen molar-refractivity contribution >= 4 is 0 Å². The van der Waals surface area contributed by atoms with Crippen LogP contribution >= 0.6 is 0 Å². The minimum Gasteiger partial charge on any atom is -0.457 e. The Morgan fingerprint density at radius 1 is 0.808 bits per heavy atom. The fourth-order valence-corrected chi connectivity index (χ4v) is 4.55. The number of nitrogens with one attached hydrogen (secondary N) is 1. The van der Waals surface area contributed by atoms with Gasteiger partial charge in [0.25, 0.3) is 0 Å². The SMILES string of the molecule is c1ccc(Oc2ccc([C@H](C3CCCCC3)N3CCNCC3)cc2)cc1. The zero-order valence-corrected chi connectivity index (χ0v) is 15.6. The topological polar surface area (TPSA) is 24.5 Å². The standard InChI is InChI=1S/C23H30N2O/c1-3-7-19(8-4-1)23(25-17-15-24-16-18-25)20-11-13-22(14-12-20)26-21-9-5-2-6-10-21/h2,5-6,9-14,19,23-24H,1,3-4,7-8,15-18H2/t23-/m0/s1. The maximum atomic E-state index is 5.98. The number of hydrogen-bond donors (Lipinski definition) is 1. The third-order valence-electron chi connectivity index (χ3n) is 5.84. The first-order chi connectivity index (χ1) is 12.9. The molecular weight excluding hydrogens is 320 g/mol. The molecule has 2 aliphatic rings. The van der Waals surface area contributed by atoms with Gasteiger partial charge in [-0.3, -0.25) is 4.90 Å². The Balaban J connectivity index is 1.52. The molecule has 1 atom stereocenters. The largest absolute Gasteiger partial charge is 0.457 e. The van der Waals surface area contributed by atoms with Gasteiger partial charge in [0.05, 0.1) is 0 Å². The summed E-state index contributed by atoms with van der Waals surface area (Å²) in [6.07, 6.45) is 6.94. The lowest BCUT2D eigenvalue weighted by atomic mass is 9.80. The van der Waals surface area contributed by atoms with Crippen molar-refractivity contribution in [2.45, 2.75) is 38.1 Å². The minimum absolute atomic E-state index is 0.558. The molecule has 0 amide bonds. The maximum Gasteiger partial charge on any atom is 0.127 e. The predicted molar refractivity (Wildman–Crippen MR) is 107 cm³/mol. The molecule has 3 heteroatoms. The van der Waals surface area contributed by atoms with Gasteiger partial charge in [0.1, 0.15) is 11.5 Å². The van der Waals surface area contributed by atoms with E-state index in [4.69, 9.17) is 4.74 Å². The van der Waals surface area contributed by atoms with E-state index in [0.717, 1.165) is 43.6 Å². The minimum atomic E-state index is 0.558. The van der Waals surface area contributed by atoms with Gasteiger partial charge in [-0.25, -0.2) is 0 Å². The van der Waals surface area contributed by atoms with Gasteiger partial charge in [0.2, 0.25) is 0 Å². The summed E-state index contributed by atoms with van der Waals surface area (Å²) in [4.78, 5) is 2.71. The van der Waals surface area contributed by atoms with E-state index < -0.39 is 0 Å². The van der Waals surface area contributed by atoms with E-state index >= 15 is 0 Å². The summed E-state index contributed by atoms with van der Waals surface area (Å²) in [5.41, 5.74) is 1.46. The van der Waals surface area contributed by atoms with E-state index in [-0.39, 0.29) is 0 Å². The molecule has 1 saturated carbocycles. The van der Waals surface area contributed by atoms with E-state index in [1.165, 1.54) is 37.7 Å². The summed E-state index contributed by atoms with van der Waals surface area (Å²) < 4.78 is 5.98. The molecule has 1 saturated heterocycles. The van der Waals surface area contributed by atoms with Gasteiger partial charge in [0.15, 0.2) is 0 Å². The molecule has 0 unspecified atom stereocenters. The molecule has 4 rings (SSSR count). The number of hydrogen-bond acceptors (Lipinski definition) is 3. The third-order valence-corrected chi connectivity index (χ3v) is 5.84. The lowest BCUT2D eigenvalue weighted by Crippen LogP contribution is -2.47. The van der Waals surface area contributed by atoms with Gasteiger partial charge < -0.3 is 10.1 Å². The highest BCUT2D eigenvalue weighted by Gasteiger charge is 2.30. The summed E-state index contributed by atoms with van der Waals surface area (Å²) >= 11 is 0. The second-order valence-electron chi connectivity index (χ2n) is 7.61. The van der Waals surface area contributed by atoms with Crippen molar-refractivity contribution in [2.75, 3.05) is 26.2 Å². The van der Waals surface area contributed by atoms with Gasteiger partial charge in [-0.2, -0.15) is 0 Å². The smallest absolute Gasteiger partial charge is 0.127 e. The van der Waals surface area contributed by atoms with Crippen molar-refractivity contribution in [1.29, 1.82) is 0 Å². The molecule has 0 bridgehead atoms. The van der Waals surface area contributed by atoms with Crippen LogP contribution < -0.4 is 10.1 Å². The van der Waals surface area contributed by atoms with Crippen LogP contribution in [0.4, 0.5) is 0 Å². The molecule has 26 heavy (non-hydrogen) atoms. The number of rotatable bonds is 5. The van der Waals surface area contributed by atoms with Crippen molar-refractivity contribution < 1.29 is 4.74 Å². The molecule has 138 valence electrons. The van der Waals surface area contributed by atoms with Crippen LogP contribution in [0.25, 0.3) is 0 Å². The van der Waals surface area contributed by atoms with E-state index in [9.17, 15) is 0 Å². The van der Waals surface area contributed by atoms with Crippen molar-refractivity contribution in [2.24, 2.45) is 5.92 Å². The summed E-state index contributed by atoms with van der Waals surface area (Å²) in [7, 11) is 0. The summed E-state index contributed by atoms with van der Waals surface area (Å²) in [6, 6.07) is 19.4. The molecule has 1 aliphatic carbocycles. The average molecular weight is 351 g/mol. The number of ether oxygens (including phenoxy) is 1. The number of piperazine rings is 1. The van der Waals surface area contributed by atoms with Crippen LogP contribution in [0.2, 0.25) is 0 Å². The molecule has 1 N–H and O–H groups in total. The Morgan fingerprint density at radius 2 is 1.46 bits per heavy atom. The molecule has 0 spiro atoms. The molecule has 1 aliphatic heterocycles. The Kier molecular flexibility index (Phi) is 5.88. The summed E-state index contributed by atoms with van der Waals surface area (Å²) in [5, 5.41) is 3.50. The Morgan fingerprint density at radius 3 is 2.15 bits per heavy atom. The second-order valence-corrected chi connectivity index (χ2v) is 7.61. The number of benzene rings is 2. The van der Waals surface area contributed by atoms with Crippen molar-refractivity contribution in [3.63, 3.8) is 0 Å². The average Bonchev–Trinajstić information content (AvgIpc) is 2.72. The highest BCUT2D eigenvalue weighted by molar-refractivity contribution is 5.34. The Bertz CT molecular complexity index is 640. The van der Waals surface area contributed by atoms with Crippen LogP contribution in [-0.4, -0.2) is 31.1 Å². The molecule has 2 fully saturated rings.